The van der Waals surface area contributed by atoms with E-state index in [2.05, 4.69) is 10.3 Å². The summed E-state index contributed by atoms with van der Waals surface area (Å²) in [7, 11) is 0. The van der Waals surface area contributed by atoms with Crippen molar-refractivity contribution in [3.63, 3.8) is 0 Å². The maximum absolute atomic E-state index is 11.8. The van der Waals surface area contributed by atoms with Crippen molar-refractivity contribution in [2.24, 2.45) is 0 Å². The van der Waals surface area contributed by atoms with Gasteiger partial charge in [-0.3, -0.25) is 9.78 Å². The number of pyridine rings is 1. The first kappa shape index (κ1) is 14.1. The standard InChI is InChI=1S/C16H18N2O2/c1-12-3-2-9-17-15(12)11-16(20)18-10-8-13-4-6-14(19)7-5-13/h2-7,9,19H,8,10-11H2,1H3,(H,18,20). The first-order valence-electron chi connectivity index (χ1n) is 6.60. The SMILES string of the molecule is Cc1cccnc1CC(=O)NCCc1ccc(O)cc1. The van der Waals surface area contributed by atoms with Crippen LogP contribution in [0.2, 0.25) is 0 Å². The minimum absolute atomic E-state index is 0.0226. The number of aromatic nitrogens is 1. The molecule has 0 aliphatic carbocycles. The summed E-state index contributed by atoms with van der Waals surface area (Å²) < 4.78 is 0. The lowest BCUT2D eigenvalue weighted by Gasteiger charge is -2.07. The van der Waals surface area contributed by atoms with E-state index in [-0.39, 0.29) is 11.7 Å². The second kappa shape index (κ2) is 6.70. The molecule has 1 aromatic carbocycles. The Bertz CT molecular complexity index is 579. The topological polar surface area (TPSA) is 62.2 Å². The van der Waals surface area contributed by atoms with Gasteiger partial charge in [0.25, 0.3) is 0 Å². The number of aryl methyl sites for hydroxylation is 1. The highest BCUT2D eigenvalue weighted by molar-refractivity contribution is 5.78. The Morgan fingerprint density at radius 1 is 1.25 bits per heavy atom. The van der Waals surface area contributed by atoms with Crippen LogP contribution < -0.4 is 5.32 Å². The molecule has 1 heterocycles. The Morgan fingerprint density at radius 2 is 2.00 bits per heavy atom. The van der Waals surface area contributed by atoms with Gasteiger partial charge in [-0.1, -0.05) is 18.2 Å². The van der Waals surface area contributed by atoms with Crippen molar-refractivity contribution in [2.75, 3.05) is 6.54 Å². The van der Waals surface area contributed by atoms with Crippen molar-refractivity contribution >= 4 is 5.91 Å². The minimum atomic E-state index is -0.0226. The van der Waals surface area contributed by atoms with E-state index >= 15 is 0 Å². The highest BCUT2D eigenvalue weighted by atomic mass is 16.3. The third-order valence-electron chi connectivity index (χ3n) is 3.12. The van der Waals surface area contributed by atoms with Crippen LogP contribution in [-0.4, -0.2) is 22.5 Å². The third-order valence-corrected chi connectivity index (χ3v) is 3.12. The molecule has 1 amide bonds. The molecule has 104 valence electrons. The summed E-state index contributed by atoms with van der Waals surface area (Å²) in [6, 6.07) is 10.8. The van der Waals surface area contributed by atoms with Gasteiger partial charge in [0.1, 0.15) is 5.75 Å². The number of benzene rings is 1. The molecule has 0 radical (unpaired) electrons. The molecule has 0 bridgehead atoms. The average molecular weight is 270 g/mol. The molecule has 0 unspecified atom stereocenters. The number of nitrogens with zero attached hydrogens (tertiary/aromatic N) is 1. The van der Waals surface area contributed by atoms with Gasteiger partial charge in [-0.25, -0.2) is 0 Å². The molecule has 4 heteroatoms. The smallest absolute Gasteiger partial charge is 0.226 e. The van der Waals surface area contributed by atoms with Gasteiger partial charge in [0.15, 0.2) is 0 Å². The number of phenols is 1. The largest absolute Gasteiger partial charge is 0.508 e. The number of hydrogen-bond acceptors (Lipinski definition) is 3. The Morgan fingerprint density at radius 3 is 2.70 bits per heavy atom. The van der Waals surface area contributed by atoms with E-state index in [0.717, 1.165) is 23.2 Å². The number of aromatic hydroxyl groups is 1. The lowest BCUT2D eigenvalue weighted by atomic mass is 10.1. The molecule has 0 aliphatic heterocycles. The van der Waals surface area contributed by atoms with Crippen molar-refractivity contribution < 1.29 is 9.90 Å². The number of carbonyl (C=O) groups is 1. The molecule has 2 rings (SSSR count). The number of rotatable bonds is 5. The molecule has 0 aliphatic rings. The molecule has 0 saturated carbocycles. The molecule has 0 saturated heterocycles. The van der Waals surface area contributed by atoms with Crippen molar-refractivity contribution in [2.45, 2.75) is 19.8 Å². The Hall–Kier alpha value is -2.36. The van der Waals surface area contributed by atoms with E-state index in [1.165, 1.54) is 0 Å². The quantitative estimate of drug-likeness (QED) is 0.873. The Balaban J connectivity index is 1.78. The maximum atomic E-state index is 11.8. The van der Waals surface area contributed by atoms with E-state index in [9.17, 15) is 9.90 Å². The summed E-state index contributed by atoms with van der Waals surface area (Å²) in [5, 5.41) is 12.1. The van der Waals surface area contributed by atoms with Gasteiger partial charge in [0, 0.05) is 12.7 Å². The first-order valence-corrected chi connectivity index (χ1v) is 6.60. The summed E-state index contributed by atoms with van der Waals surface area (Å²) >= 11 is 0. The lowest BCUT2D eigenvalue weighted by molar-refractivity contribution is -0.120. The number of hydrogen-bond donors (Lipinski definition) is 2. The third kappa shape index (κ3) is 4.09. The van der Waals surface area contributed by atoms with Gasteiger partial charge < -0.3 is 10.4 Å². The molecule has 2 aromatic rings. The second-order valence-electron chi connectivity index (χ2n) is 4.71. The zero-order valence-corrected chi connectivity index (χ0v) is 11.5. The molecule has 20 heavy (non-hydrogen) atoms. The lowest BCUT2D eigenvalue weighted by Crippen LogP contribution is -2.27. The number of carbonyl (C=O) groups excluding carboxylic acids is 1. The van der Waals surface area contributed by atoms with Crippen LogP contribution in [0.5, 0.6) is 5.75 Å². The number of amides is 1. The van der Waals surface area contributed by atoms with Crippen molar-refractivity contribution in [1.29, 1.82) is 0 Å². The molecular formula is C16H18N2O2. The zero-order chi connectivity index (χ0) is 14.4. The normalized spacial score (nSPS) is 10.2. The van der Waals surface area contributed by atoms with Crippen molar-refractivity contribution in [1.82, 2.24) is 10.3 Å². The zero-order valence-electron chi connectivity index (χ0n) is 11.5. The number of phenolic OH excluding ortho intramolecular Hbond substituents is 1. The summed E-state index contributed by atoms with van der Waals surface area (Å²) in [5.41, 5.74) is 2.92. The summed E-state index contributed by atoms with van der Waals surface area (Å²) in [4.78, 5) is 16.0. The van der Waals surface area contributed by atoms with E-state index in [1.807, 2.05) is 31.2 Å². The monoisotopic (exact) mass is 270 g/mol. The maximum Gasteiger partial charge on any atom is 0.226 e. The van der Waals surface area contributed by atoms with Gasteiger partial charge >= 0.3 is 0 Å². The molecule has 0 fully saturated rings. The first-order chi connectivity index (χ1) is 9.65. The minimum Gasteiger partial charge on any atom is -0.508 e. The van der Waals surface area contributed by atoms with E-state index in [1.54, 1.807) is 18.3 Å². The van der Waals surface area contributed by atoms with Crippen molar-refractivity contribution in [3.8, 4) is 5.75 Å². The fourth-order valence-corrected chi connectivity index (χ4v) is 1.93. The van der Waals surface area contributed by atoms with Crippen LogP contribution in [0.3, 0.4) is 0 Å². The Kier molecular flexibility index (Phi) is 4.71. The molecular weight excluding hydrogens is 252 g/mol. The van der Waals surface area contributed by atoms with E-state index in [4.69, 9.17) is 0 Å². The van der Waals surface area contributed by atoms with Crippen LogP contribution in [-0.2, 0) is 17.6 Å². The fraction of sp³-hybridized carbons (Fsp3) is 0.250. The van der Waals surface area contributed by atoms with Crippen LogP contribution in [0, 0.1) is 6.92 Å². The highest BCUT2D eigenvalue weighted by Gasteiger charge is 2.06. The van der Waals surface area contributed by atoms with E-state index in [0.29, 0.717) is 13.0 Å². The van der Waals surface area contributed by atoms with Crippen LogP contribution in [0.4, 0.5) is 0 Å². The van der Waals surface area contributed by atoms with Gasteiger partial charge in [-0.15, -0.1) is 0 Å². The summed E-state index contributed by atoms with van der Waals surface area (Å²) in [5.74, 6) is 0.231. The van der Waals surface area contributed by atoms with Crippen LogP contribution in [0.15, 0.2) is 42.6 Å². The second-order valence-corrected chi connectivity index (χ2v) is 4.71. The predicted octanol–water partition coefficient (Wildman–Crippen LogP) is 2.00. The molecule has 1 aromatic heterocycles. The van der Waals surface area contributed by atoms with E-state index < -0.39 is 0 Å². The van der Waals surface area contributed by atoms with Gasteiger partial charge in [-0.2, -0.15) is 0 Å². The number of nitrogens with one attached hydrogen (secondary N) is 1. The molecule has 4 nitrogen and oxygen atoms in total. The van der Waals surface area contributed by atoms with Gasteiger partial charge in [0.05, 0.1) is 12.1 Å². The van der Waals surface area contributed by atoms with Crippen LogP contribution >= 0.6 is 0 Å². The van der Waals surface area contributed by atoms with Crippen molar-refractivity contribution in [3.05, 3.63) is 59.4 Å². The predicted molar refractivity (Wildman–Crippen MR) is 77.5 cm³/mol. The molecule has 2 N–H and O–H groups in total. The van der Waals surface area contributed by atoms with Gasteiger partial charge in [0.2, 0.25) is 5.91 Å². The fourth-order valence-electron chi connectivity index (χ4n) is 1.93. The molecule has 0 atom stereocenters. The Labute approximate surface area is 118 Å². The van der Waals surface area contributed by atoms with Crippen LogP contribution in [0.25, 0.3) is 0 Å². The van der Waals surface area contributed by atoms with Crippen LogP contribution in [0.1, 0.15) is 16.8 Å². The summed E-state index contributed by atoms with van der Waals surface area (Å²) in [6.07, 6.45) is 2.75. The summed E-state index contributed by atoms with van der Waals surface area (Å²) in [6.45, 7) is 2.53. The molecule has 0 spiro atoms. The van der Waals surface area contributed by atoms with Gasteiger partial charge in [-0.05, 0) is 42.7 Å². The highest BCUT2D eigenvalue weighted by Crippen LogP contribution is 2.09. The average Bonchev–Trinajstić information content (AvgIpc) is 2.44.